The third-order valence-corrected chi connectivity index (χ3v) is 3.05. The Hall–Kier alpha value is -1.98. The molecule has 0 fully saturated rings. The van der Waals surface area contributed by atoms with E-state index in [2.05, 4.69) is 10.3 Å². The maximum absolute atomic E-state index is 5.68. The second kappa shape index (κ2) is 6.45. The summed E-state index contributed by atoms with van der Waals surface area (Å²) in [5.74, 6) is 0.719. The fourth-order valence-corrected chi connectivity index (χ4v) is 2.05. The minimum atomic E-state index is 0.365. The smallest absolute Gasteiger partial charge is 0.131 e. The van der Waals surface area contributed by atoms with Crippen LogP contribution in [0.25, 0.3) is 0 Å². The zero-order valence-electron chi connectivity index (χ0n) is 11.5. The van der Waals surface area contributed by atoms with Crippen LogP contribution in [0.5, 0.6) is 0 Å². The molecular weight excluding hydrogens is 270 g/mol. The number of hydrogen-bond donors (Lipinski definition) is 2. The first-order chi connectivity index (χ1) is 9.60. The highest BCUT2D eigenvalue weighted by Gasteiger charge is 2.06. The molecule has 104 valence electrons. The number of benzene rings is 1. The van der Waals surface area contributed by atoms with Crippen molar-refractivity contribution < 1.29 is 4.74 Å². The van der Waals surface area contributed by atoms with Gasteiger partial charge in [-0.1, -0.05) is 30.4 Å². The molecule has 0 saturated carbocycles. The molecule has 0 bridgehead atoms. The van der Waals surface area contributed by atoms with Crippen molar-refractivity contribution in [3.63, 3.8) is 0 Å². The molecule has 20 heavy (non-hydrogen) atoms. The number of aromatic nitrogens is 1. The van der Waals surface area contributed by atoms with E-state index in [0.29, 0.717) is 11.6 Å². The standard InChI is InChI=1S/C15H17N3OS/c1-10-7-12(15(16)20)8-14(17-10)18-13-6-4-3-5-11(13)9-19-2/h3-8H,9H2,1-2H3,(H2,16,20)(H,17,18). The van der Waals surface area contributed by atoms with Gasteiger partial charge in [0, 0.05) is 29.6 Å². The van der Waals surface area contributed by atoms with Crippen molar-refractivity contribution in [3.8, 4) is 0 Å². The van der Waals surface area contributed by atoms with Gasteiger partial charge in [0.2, 0.25) is 0 Å². The second-order valence-corrected chi connectivity index (χ2v) is 4.90. The van der Waals surface area contributed by atoms with Gasteiger partial charge >= 0.3 is 0 Å². The van der Waals surface area contributed by atoms with Gasteiger partial charge in [0.1, 0.15) is 10.8 Å². The summed E-state index contributed by atoms with van der Waals surface area (Å²) in [6, 6.07) is 11.7. The zero-order chi connectivity index (χ0) is 14.5. The van der Waals surface area contributed by atoms with Gasteiger partial charge < -0.3 is 15.8 Å². The molecule has 1 aromatic heterocycles. The van der Waals surface area contributed by atoms with Crippen LogP contribution in [0.3, 0.4) is 0 Å². The molecule has 0 amide bonds. The van der Waals surface area contributed by atoms with Crippen molar-refractivity contribution in [3.05, 3.63) is 53.2 Å². The zero-order valence-corrected chi connectivity index (χ0v) is 12.3. The van der Waals surface area contributed by atoms with E-state index >= 15 is 0 Å². The van der Waals surface area contributed by atoms with Crippen LogP contribution in [-0.2, 0) is 11.3 Å². The minimum absolute atomic E-state index is 0.365. The van der Waals surface area contributed by atoms with Crippen LogP contribution in [-0.4, -0.2) is 17.1 Å². The largest absolute Gasteiger partial charge is 0.389 e. The van der Waals surface area contributed by atoms with Crippen LogP contribution in [0.1, 0.15) is 16.8 Å². The number of hydrogen-bond acceptors (Lipinski definition) is 4. The number of aryl methyl sites for hydroxylation is 1. The number of methoxy groups -OCH3 is 1. The monoisotopic (exact) mass is 287 g/mol. The van der Waals surface area contributed by atoms with Crippen molar-refractivity contribution in [2.75, 3.05) is 12.4 Å². The number of anilines is 2. The van der Waals surface area contributed by atoms with Crippen molar-refractivity contribution in [1.82, 2.24) is 4.98 Å². The minimum Gasteiger partial charge on any atom is -0.389 e. The first-order valence-electron chi connectivity index (χ1n) is 6.22. The lowest BCUT2D eigenvalue weighted by Crippen LogP contribution is -2.11. The first kappa shape index (κ1) is 14.4. The molecule has 2 aromatic rings. The van der Waals surface area contributed by atoms with Crippen molar-refractivity contribution in [1.29, 1.82) is 0 Å². The molecule has 0 aliphatic heterocycles. The van der Waals surface area contributed by atoms with E-state index in [1.165, 1.54) is 0 Å². The molecule has 0 aliphatic carbocycles. The molecule has 0 unspecified atom stereocenters. The summed E-state index contributed by atoms with van der Waals surface area (Å²) in [5, 5.41) is 3.29. The van der Waals surface area contributed by atoms with Crippen molar-refractivity contribution in [2.24, 2.45) is 5.73 Å². The third kappa shape index (κ3) is 3.53. The Labute approximate surface area is 124 Å². The molecule has 1 aromatic carbocycles. The molecular formula is C15H17N3OS. The summed E-state index contributed by atoms with van der Waals surface area (Å²) in [7, 11) is 1.67. The van der Waals surface area contributed by atoms with Crippen molar-refractivity contribution in [2.45, 2.75) is 13.5 Å². The highest BCUT2D eigenvalue weighted by atomic mass is 32.1. The molecule has 0 saturated heterocycles. The van der Waals surface area contributed by atoms with Crippen LogP contribution in [0.15, 0.2) is 36.4 Å². The van der Waals surface area contributed by atoms with E-state index in [4.69, 9.17) is 22.7 Å². The van der Waals surface area contributed by atoms with E-state index in [1.54, 1.807) is 7.11 Å². The van der Waals surface area contributed by atoms with Gasteiger partial charge in [-0.2, -0.15) is 0 Å². The predicted octanol–water partition coefficient (Wildman–Crippen LogP) is 2.91. The molecule has 2 rings (SSSR count). The maximum Gasteiger partial charge on any atom is 0.131 e. The van der Waals surface area contributed by atoms with E-state index in [-0.39, 0.29) is 0 Å². The normalized spacial score (nSPS) is 10.3. The number of ether oxygens (including phenoxy) is 1. The Morgan fingerprint density at radius 1 is 1.35 bits per heavy atom. The lowest BCUT2D eigenvalue weighted by atomic mass is 10.1. The SMILES string of the molecule is COCc1ccccc1Nc1cc(C(N)=S)cc(C)n1. The number of pyridine rings is 1. The molecule has 0 radical (unpaired) electrons. The number of nitrogens with one attached hydrogen (secondary N) is 1. The molecule has 0 spiro atoms. The highest BCUT2D eigenvalue weighted by molar-refractivity contribution is 7.80. The van der Waals surface area contributed by atoms with E-state index in [1.807, 2.05) is 43.3 Å². The molecule has 4 nitrogen and oxygen atoms in total. The third-order valence-electron chi connectivity index (χ3n) is 2.82. The van der Waals surface area contributed by atoms with Gasteiger partial charge in [-0.25, -0.2) is 4.98 Å². The molecule has 5 heteroatoms. The van der Waals surface area contributed by atoms with E-state index in [9.17, 15) is 0 Å². The molecule has 0 aliphatic rings. The maximum atomic E-state index is 5.68. The topological polar surface area (TPSA) is 60.2 Å². The van der Waals surface area contributed by atoms with Gasteiger partial charge in [-0.3, -0.25) is 0 Å². The molecule has 1 heterocycles. The van der Waals surface area contributed by atoms with E-state index < -0.39 is 0 Å². The quantitative estimate of drug-likeness (QED) is 0.828. The van der Waals surface area contributed by atoms with Gasteiger partial charge in [0.15, 0.2) is 0 Å². The van der Waals surface area contributed by atoms with Crippen LogP contribution in [0, 0.1) is 6.92 Å². The average molecular weight is 287 g/mol. The Kier molecular flexibility index (Phi) is 4.65. The molecule has 3 N–H and O–H groups in total. The summed E-state index contributed by atoms with van der Waals surface area (Å²) in [6.45, 7) is 2.45. The van der Waals surface area contributed by atoms with Gasteiger partial charge in [0.05, 0.1) is 6.61 Å². The molecule has 0 atom stereocenters. The van der Waals surface area contributed by atoms with Crippen LogP contribution in [0.4, 0.5) is 11.5 Å². The fourth-order valence-electron chi connectivity index (χ4n) is 1.94. The van der Waals surface area contributed by atoms with Gasteiger partial charge in [0.25, 0.3) is 0 Å². The van der Waals surface area contributed by atoms with Gasteiger partial charge in [-0.15, -0.1) is 0 Å². The lowest BCUT2D eigenvalue weighted by Gasteiger charge is -2.12. The van der Waals surface area contributed by atoms with Crippen LogP contribution < -0.4 is 11.1 Å². The van der Waals surface area contributed by atoms with Crippen LogP contribution >= 0.6 is 12.2 Å². The lowest BCUT2D eigenvalue weighted by molar-refractivity contribution is 0.185. The Morgan fingerprint density at radius 3 is 2.80 bits per heavy atom. The average Bonchev–Trinajstić information content (AvgIpc) is 2.40. The summed E-state index contributed by atoms with van der Waals surface area (Å²) in [6.07, 6.45) is 0. The van der Waals surface area contributed by atoms with Crippen LogP contribution in [0.2, 0.25) is 0 Å². The van der Waals surface area contributed by atoms with E-state index in [0.717, 1.165) is 28.3 Å². The summed E-state index contributed by atoms with van der Waals surface area (Å²) < 4.78 is 5.19. The number of nitrogens with zero attached hydrogens (tertiary/aromatic N) is 1. The second-order valence-electron chi connectivity index (χ2n) is 4.46. The number of rotatable bonds is 5. The van der Waals surface area contributed by atoms with Crippen molar-refractivity contribution >= 4 is 28.7 Å². The summed E-state index contributed by atoms with van der Waals surface area (Å²) in [5.41, 5.74) is 9.37. The predicted molar refractivity (Wildman–Crippen MR) is 85.3 cm³/mol. The fraction of sp³-hybridized carbons (Fsp3) is 0.200. The Balaban J connectivity index is 2.32. The number of para-hydroxylation sites is 1. The summed E-state index contributed by atoms with van der Waals surface area (Å²) >= 11 is 5.02. The first-order valence-corrected chi connectivity index (χ1v) is 6.63. The Morgan fingerprint density at radius 2 is 2.10 bits per heavy atom. The number of thiocarbonyl (C=S) groups is 1. The Bertz CT molecular complexity index is 628. The van der Waals surface area contributed by atoms with Gasteiger partial charge in [-0.05, 0) is 25.1 Å². The number of nitrogens with two attached hydrogens (primary N) is 1. The summed E-state index contributed by atoms with van der Waals surface area (Å²) in [4.78, 5) is 4.81. The highest BCUT2D eigenvalue weighted by Crippen LogP contribution is 2.21.